The van der Waals surface area contributed by atoms with Crippen LogP contribution in [0, 0.1) is 0 Å². The first-order chi connectivity index (χ1) is 19.8. The molecule has 0 aliphatic heterocycles. The standard InChI is InChI=1S/C33H42ClN3O4S/c1-6-25-18-20-28(21-19-25)37(42(5,40)41)22-12-17-31(38)36(24-27-15-10-11-16-29(27)34)30(32(39)35-33(2,3)4)23-26-13-8-7-9-14-26/h7-11,13-16,18-21,30H,6,12,17,22-24H2,1-5H3,(H,35,39)/t30-/m0/s1. The maximum absolute atomic E-state index is 13.9. The molecule has 7 nitrogen and oxygen atoms in total. The number of amides is 2. The molecule has 3 aromatic rings. The Balaban J connectivity index is 1.90. The van der Waals surface area contributed by atoms with E-state index < -0.39 is 21.6 Å². The van der Waals surface area contributed by atoms with Crippen LogP contribution in [0.2, 0.25) is 5.02 Å². The minimum Gasteiger partial charge on any atom is -0.350 e. The molecule has 0 aliphatic rings. The topological polar surface area (TPSA) is 86.8 Å². The molecule has 0 saturated heterocycles. The number of aryl methyl sites for hydroxylation is 1. The van der Waals surface area contributed by atoms with Gasteiger partial charge in [0, 0.05) is 36.5 Å². The normalized spacial score (nSPS) is 12.4. The van der Waals surface area contributed by atoms with Crippen molar-refractivity contribution in [2.75, 3.05) is 17.1 Å². The summed E-state index contributed by atoms with van der Waals surface area (Å²) >= 11 is 6.50. The zero-order valence-corrected chi connectivity index (χ0v) is 26.7. The quantitative estimate of drug-likeness (QED) is 0.257. The number of carbonyl (C=O) groups is 2. The average molecular weight is 612 g/mol. The minimum atomic E-state index is -3.57. The highest BCUT2D eigenvalue weighted by Gasteiger charge is 2.32. The fraction of sp³-hybridized carbons (Fsp3) is 0.394. The van der Waals surface area contributed by atoms with Gasteiger partial charge < -0.3 is 10.2 Å². The molecule has 2 amide bonds. The Bertz CT molecular complexity index is 1440. The zero-order valence-electron chi connectivity index (χ0n) is 25.1. The van der Waals surface area contributed by atoms with Gasteiger partial charge in [0.15, 0.2) is 0 Å². The summed E-state index contributed by atoms with van der Waals surface area (Å²) in [6.45, 7) is 8.01. The van der Waals surface area contributed by atoms with Gasteiger partial charge in [-0.25, -0.2) is 8.42 Å². The van der Waals surface area contributed by atoms with E-state index in [9.17, 15) is 18.0 Å². The molecule has 0 spiro atoms. The van der Waals surface area contributed by atoms with Gasteiger partial charge in [0.1, 0.15) is 6.04 Å². The Morgan fingerprint density at radius 3 is 2.10 bits per heavy atom. The van der Waals surface area contributed by atoms with Crippen molar-refractivity contribution in [3.05, 3.63) is 101 Å². The summed E-state index contributed by atoms with van der Waals surface area (Å²) in [4.78, 5) is 29.2. The maximum atomic E-state index is 13.9. The van der Waals surface area contributed by atoms with E-state index in [1.807, 2.05) is 88.4 Å². The van der Waals surface area contributed by atoms with Crippen molar-refractivity contribution in [2.45, 2.75) is 71.5 Å². The Morgan fingerprint density at radius 1 is 0.905 bits per heavy atom. The number of benzene rings is 3. The van der Waals surface area contributed by atoms with Crippen molar-refractivity contribution < 1.29 is 18.0 Å². The number of halogens is 1. The molecular weight excluding hydrogens is 570 g/mol. The molecule has 3 rings (SSSR count). The molecule has 1 atom stereocenters. The Labute approximate surface area is 255 Å². The Hall–Kier alpha value is -3.36. The molecule has 226 valence electrons. The van der Waals surface area contributed by atoms with Crippen LogP contribution in [0.4, 0.5) is 5.69 Å². The first kappa shape index (κ1) is 33.1. The summed E-state index contributed by atoms with van der Waals surface area (Å²) in [5.74, 6) is -0.518. The second-order valence-corrected chi connectivity index (χ2v) is 13.8. The fourth-order valence-corrected chi connectivity index (χ4v) is 5.88. The molecule has 0 bridgehead atoms. The number of carbonyl (C=O) groups excluding carboxylic acids is 2. The third-order valence-corrected chi connectivity index (χ3v) is 8.42. The number of anilines is 1. The predicted molar refractivity (Wildman–Crippen MR) is 171 cm³/mol. The average Bonchev–Trinajstić information content (AvgIpc) is 2.93. The summed E-state index contributed by atoms with van der Waals surface area (Å²) in [7, 11) is -3.57. The van der Waals surface area contributed by atoms with E-state index in [1.165, 1.54) is 10.6 Å². The van der Waals surface area contributed by atoms with Crippen LogP contribution in [0.1, 0.15) is 57.2 Å². The third kappa shape index (κ3) is 9.88. The summed E-state index contributed by atoms with van der Waals surface area (Å²) in [5.41, 5.74) is 2.80. The molecule has 0 radical (unpaired) electrons. The van der Waals surface area contributed by atoms with E-state index in [2.05, 4.69) is 5.32 Å². The van der Waals surface area contributed by atoms with Crippen LogP contribution in [0.5, 0.6) is 0 Å². The lowest BCUT2D eigenvalue weighted by molar-refractivity contribution is -0.142. The van der Waals surface area contributed by atoms with E-state index in [4.69, 9.17) is 11.6 Å². The van der Waals surface area contributed by atoms with Gasteiger partial charge in [-0.05, 0) is 68.5 Å². The van der Waals surface area contributed by atoms with Gasteiger partial charge in [-0.3, -0.25) is 13.9 Å². The van der Waals surface area contributed by atoms with Gasteiger partial charge in [-0.1, -0.05) is 79.2 Å². The summed E-state index contributed by atoms with van der Waals surface area (Å²) in [6.07, 6.45) is 2.66. The number of sulfonamides is 1. The zero-order chi connectivity index (χ0) is 30.9. The molecule has 42 heavy (non-hydrogen) atoms. The monoisotopic (exact) mass is 611 g/mol. The van der Waals surface area contributed by atoms with Crippen molar-refractivity contribution in [3.63, 3.8) is 0 Å². The van der Waals surface area contributed by atoms with E-state index in [1.54, 1.807) is 23.1 Å². The van der Waals surface area contributed by atoms with Crippen LogP contribution in [0.3, 0.4) is 0 Å². The molecular formula is C33H42ClN3O4S. The van der Waals surface area contributed by atoms with Crippen LogP contribution in [-0.2, 0) is 39.0 Å². The first-order valence-corrected chi connectivity index (χ1v) is 16.5. The molecule has 3 aromatic carbocycles. The number of rotatable bonds is 13. The smallest absolute Gasteiger partial charge is 0.243 e. The number of nitrogens with zero attached hydrogens (tertiary/aromatic N) is 2. The molecule has 0 heterocycles. The van der Waals surface area contributed by atoms with Gasteiger partial charge in [-0.15, -0.1) is 0 Å². The van der Waals surface area contributed by atoms with E-state index in [0.717, 1.165) is 23.1 Å². The van der Waals surface area contributed by atoms with Crippen LogP contribution in [-0.4, -0.2) is 49.5 Å². The number of hydrogen-bond donors (Lipinski definition) is 1. The van der Waals surface area contributed by atoms with Crippen molar-refractivity contribution in [1.29, 1.82) is 0 Å². The van der Waals surface area contributed by atoms with Gasteiger partial charge in [0.25, 0.3) is 0 Å². The van der Waals surface area contributed by atoms with Gasteiger partial charge in [0.05, 0.1) is 11.9 Å². The van der Waals surface area contributed by atoms with Crippen LogP contribution in [0.15, 0.2) is 78.9 Å². The van der Waals surface area contributed by atoms with Crippen molar-refractivity contribution >= 4 is 39.1 Å². The SMILES string of the molecule is CCc1ccc(N(CCCC(=O)N(Cc2ccccc2Cl)[C@@H](Cc2ccccc2)C(=O)NC(C)(C)C)S(C)(=O)=O)cc1. The lowest BCUT2D eigenvalue weighted by atomic mass is 10.00. The highest BCUT2D eigenvalue weighted by Crippen LogP contribution is 2.23. The van der Waals surface area contributed by atoms with Crippen LogP contribution >= 0.6 is 11.6 Å². The Kier molecular flexibility index (Phi) is 11.6. The van der Waals surface area contributed by atoms with Crippen molar-refractivity contribution in [3.8, 4) is 0 Å². The molecule has 0 aromatic heterocycles. The van der Waals surface area contributed by atoms with Crippen molar-refractivity contribution in [2.24, 2.45) is 0 Å². The summed E-state index contributed by atoms with van der Waals surface area (Å²) in [5, 5.41) is 3.55. The van der Waals surface area contributed by atoms with Crippen LogP contribution in [0.25, 0.3) is 0 Å². The molecule has 1 N–H and O–H groups in total. The maximum Gasteiger partial charge on any atom is 0.243 e. The molecule has 0 aliphatic carbocycles. The summed E-state index contributed by atoms with van der Waals surface area (Å²) < 4.78 is 26.7. The minimum absolute atomic E-state index is 0.0532. The Morgan fingerprint density at radius 2 is 1.52 bits per heavy atom. The molecule has 0 saturated carbocycles. The predicted octanol–water partition coefficient (Wildman–Crippen LogP) is 6.00. The second-order valence-electron chi connectivity index (χ2n) is 11.5. The van der Waals surface area contributed by atoms with E-state index >= 15 is 0 Å². The highest BCUT2D eigenvalue weighted by atomic mass is 35.5. The number of nitrogens with one attached hydrogen (secondary N) is 1. The van der Waals surface area contributed by atoms with Gasteiger partial charge in [-0.2, -0.15) is 0 Å². The third-order valence-electron chi connectivity index (χ3n) is 6.85. The van der Waals surface area contributed by atoms with Gasteiger partial charge >= 0.3 is 0 Å². The van der Waals surface area contributed by atoms with E-state index in [0.29, 0.717) is 17.1 Å². The lowest BCUT2D eigenvalue weighted by Crippen LogP contribution is -2.54. The lowest BCUT2D eigenvalue weighted by Gasteiger charge is -2.34. The molecule has 0 fully saturated rings. The number of hydrogen-bond acceptors (Lipinski definition) is 4. The fourth-order valence-electron chi connectivity index (χ4n) is 4.72. The molecule has 0 unspecified atom stereocenters. The summed E-state index contributed by atoms with van der Waals surface area (Å²) in [6, 6.07) is 23.4. The van der Waals surface area contributed by atoms with Crippen LogP contribution < -0.4 is 9.62 Å². The van der Waals surface area contributed by atoms with Gasteiger partial charge in [0.2, 0.25) is 21.8 Å². The largest absolute Gasteiger partial charge is 0.350 e. The van der Waals surface area contributed by atoms with E-state index in [-0.39, 0.29) is 37.7 Å². The molecule has 9 heteroatoms. The first-order valence-electron chi connectivity index (χ1n) is 14.2. The van der Waals surface area contributed by atoms with Crippen molar-refractivity contribution in [1.82, 2.24) is 10.2 Å². The second kappa shape index (κ2) is 14.7. The highest BCUT2D eigenvalue weighted by molar-refractivity contribution is 7.92.